The Morgan fingerprint density at radius 1 is 1.10 bits per heavy atom. The van der Waals surface area contributed by atoms with Crippen LogP contribution in [-0.2, 0) is 0 Å². The van der Waals surface area contributed by atoms with Crippen LogP contribution in [0.3, 0.4) is 0 Å². The van der Waals surface area contributed by atoms with E-state index in [-0.39, 0.29) is 11.6 Å². The Morgan fingerprint density at radius 3 is 2.14 bits per heavy atom. The van der Waals surface area contributed by atoms with Gasteiger partial charge in [0.2, 0.25) is 0 Å². The third-order valence-corrected chi connectivity index (χ3v) is 3.49. The number of halogens is 4. The van der Waals surface area contributed by atoms with Gasteiger partial charge in [0.25, 0.3) is 5.91 Å². The Labute approximate surface area is 128 Å². The monoisotopic (exact) mass is 357 g/mol. The van der Waals surface area contributed by atoms with Gasteiger partial charge < -0.3 is 5.32 Å². The molecule has 1 amide bonds. The summed E-state index contributed by atoms with van der Waals surface area (Å²) in [6.45, 7) is 1.73. The first-order valence-electron chi connectivity index (χ1n) is 6.09. The lowest BCUT2D eigenvalue weighted by molar-refractivity contribution is 0.0938. The van der Waals surface area contributed by atoms with E-state index in [2.05, 4.69) is 21.2 Å². The maximum absolute atomic E-state index is 13.1. The molecule has 2 aromatic rings. The molecule has 1 atom stereocenters. The summed E-state index contributed by atoms with van der Waals surface area (Å²) in [6.07, 6.45) is 0. The molecule has 0 fully saturated rings. The van der Waals surface area contributed by atoms with Crippen molar-refractivity contribution in [3.8, 4) is 0 Å². The summed E-state index contributed by atoms with van der Waals surface area (Å²) in [4.78, 5) is 11.9. The van der Waals surface area contributed by atoms with Gasteiger partial charge in [-0.3, -0.25) is 4.79 Å². The molecule has 21 heavy (non-hydrogen) atoms. The molecule has 0 aliphatic carbocycles. The molecule has 0 aliphatic heterocycles. The van der Waals surface area contributed by atoms with Crippen LogP contribution in [0.4, 0.5) is 13.2 Å². The highest BCUT2D eigenvalue weighted by molar-refractivity contribution is 9.10. The van der Waals surface area contributed by atoms with Crippen LogP contribution in [0.25, 0.3) is 0 Å². The van der Waals surface area contributed by atoms with Crippen molar-refractivity contribution in [1.82, 2.24) is 5.32 Å². The molecular formula is C15H11BrF3NO. The highest BCUT2D eigenvalue weighted by Crippen LogP contribution is 2.18. The topological polar surface area (TPSA) is 29.1 Å². The molecule has 0 saturated carbocycles. The molecule has 2 nitrogen and oxygen atoms in total. The summed E-state index contributed by atoms with van der Waals surface area (Å²) in [7, 11) is 0. The van der Waals surface area contributed by atoms with Crippen LogP contribution >= 0.6 is 15.9 Å². The molecule has 0 spiro atoms. The minimum absolute atomic E-state index is 0.268. The first-order chi connectivity index (χ1) is 9.88. The molecule has 2 aromatic carbocycles. The normalized spacial score (nSPS) is 12.0. The van der Waals surface area contributed by atoms with E-state index >= 15 is 0 Å². The van der Waals surface area contributed by atoms with E-state index < -0.39 is 23.4 Å². The Kier molecular flexibility index (Phi) is 4.67. The summed E-state index contributed by atoms with van der Waals surface area (Å²) in [5.41, 5.74) is 0.560. The van der Waals surface area contributed by atoms with Crippen LogP contribution in [-0.4, -0.2) is 5.91 Å². The molecule has 0 radical (unpaired) electrons. The van der Waals surface area contributed by atoms with Gasteiger partial charge in [0, 0.05) is 10.0 Å². The summed E-state index contributed by atoms with van der Waals surface area (Å²) in [5.74, 6) is -5.05. The molecule has 0 aromatic heterocycles. The van der Waals surface area contributed by atoms with Crippen LogP contribution in [0.5, 0.6) is 0 Å². The first-order valence-corrected chi connectivity index (χ1v) is 6.88. The van der Waals surface area contributed by atoms with Crippen molar-refractivity contribution in [3.63, 3.8) is 0 Å². The molecule has 0 aliphatic rings. The van der Waals surface area contributed by atoms with Crippen LogP contribution in [0.2, 0.25) is 0 Å². The van der Waals surface area contributed by atoms with Gasteiger partial charge in [-0.2, -0.15) is 0 Å². The lowest BCUT2D eigenvalue weighted by Gasteiger charge is -2.14. The molecule has 2 rings (SSSR count). The zero-order valence-corrected chi connectivity index (χ0v) is 12.5. The van der Waals surface area contributed by atoms with Gasteiger partial charge in [-0.05, 0) is 36.8 Å². The van der Waals surface area contributed by atoms with Crippen molar-refractivity contribution in [2.24, 2.45) is 0 Å². The third-order valence-electron chi connectivity index (χ3n) is 2.96. The maximum Gasteiger partial charge on any atom is 0.251 e. The van der Waals surface area contributed by atoms with Crippen molar-refractivity contribution >= 4 is 21.8 Å². The molecule has 0 saturated heterocycles. The van der Waals surface area contributed by atoms with E-state index in [1.54, 1.807) is 19.1 Å². The summed E-state index contributed by atoms with van der Waals surface area (Å²) >= 11 is 3.30. The number of carbonyl (C=O) groups is 1. The number of hydrogen-bond donors (Lipinski definition) is 1. The third kappa shape index (κ3) is 3.64. The molecule has 0 heterocycles. The minimum atomic E-state index is -1.59. The number of benzene rings is 2. The van der Waals surface area contributed by atoms with Gasteiger partial charge in [0.15, 0.2) is 17.5 Å². The van der Waals surface area contributed by atoms with Crippen molar-refractivity contribution in [1.29, 1.82) is 0 Å². The van der Waals surface area contributed by atoms with E-state index in [1.165, 1.54) is 0 Å². The number of carbonyl (C=O) groups excluding carboxylic acids is 1. The fourth-order valence-electron chi connectivity index (χ4n) is 1.80. The SMILES string of the molecule is C[C@H](NC(=O)c1cc(F)c(F)c(F)c1)c1ccc(Br)cc1. The first kappa shape index (κ1) is 15.6. The highest BCUT2D eigenvalue weighted by Gasteiger charge is 2.17. The van der Waals surface area contributed by atoms with Crippen LogP contribution in [0.1, 0.15) is 28.9 Å². The predicted octanol–water partition coefficient (Wildman–Crippen LogP) is 4.36. The molecule has 0 bridgehead atoms. The minimum Gasteiger partial charge on any atom is -0.346 e. The maximum atomic E-state index is 13.1. The average molecular weight is 358 g/mol. The van der Waals surface area contributed by atoms with Crippen LogP contribution < -0.4 is 5.32 Å². The molecule has 1 N–H and O–H groups in total. The van der Waals surface area contributed by atoms with Gasteiger partial charge in [-0.15, -0.1) is 0 Å². The van der Waals surface area contributed by atoms with Crippen molar-refractivity contribution in [3.05, 3.63) is 69.4 Å². The fraction of sp³-hybridized carbons (Fsp3) is 0.133. The lowest BCUT2D eigenvalue weighted by Crippen LogP contribution is -2.27. The second-order valence-corrected chi connectivity index (χ2v) is 5.42. The smallest absolute Gasteiger partial charge is 0.251 e. The standard InChI is InChI=1S/C15H11BrF3NO/c1-8(9-2-4-11(16)5-3-9)20-15(21)10-6-12(17)14(19)13(18)7-10/h2-8H,1H3,(H,20,21)/t8-/m0/s1. The highest BCUT2D eigenvalue weighted by atomic mass is 79.9. The van der Waals surface area contributed by atoms with Crippen molar-refractivity contribution in [2.75, 3.05) is 0 Å². The zero-order chi connectivity index (χ0) is 15.6. The van der Waals surface area contributed by atoms with E-state index in [9.17, 15) is 18.0 Å². The molecular weight excluding hydrogens is 347 g/mol. The number of amides is 1. The number of rotatable bonds is 3. The summed E-state index contributed by atoms with van der Waals surface area (Å²) < 4.78 is 40.0. The van der Waals surface area contributed by atoms with Crippen LogP contribution in [0, 0.1) is 17.5 Å². The number of hydrogen-bond acceptors (Lipinski definition) is 1. The Hall–Kier alpha value is -1.82. The quantitative estimate of drug-likeness (QED) is 0.812. The number of nitrogens with one attached hydrogen (secondary N) is 1. The van der Waals surface area contributed by atoms with Crippen LogP contribution in [0.15, 0.2) is 40.9 Å². The Bertz CT molecular complexity index is 650. The Morgan fingerprint density at radius 2 is 1.62 bits per heavy atom. The van der Waals surface area contributed by atoms with E-state index in [4.69, 9.17) is 0 Å². The molecule has 6 heteroatoms. The van der Waals surface area contributed by atoms with Gasteiger partial charge in [0.1, 0.15) is 0 Å². The van der Waals surface area contributed by atoms with Gasteiger partial charge >= 0.3 is 0 Å². The van der Waals surface area contributed by atoms with Gasteiger partial charge in [0.05, 0.1) is 6.04 Å². The van der Waals surface area contributed by atoms with Gasteiger partial charge in [-0.1, -0.05) is 28.1 Å². The lowest BCUT2D eigenvalue weighted by atomic mass is 10.1. The van der Waals surface area contributed by atoms with Crippen molar-refractivity contribution < 1.29 is 18.0 Å². The molecule has 0 unspecified atom stereocenters. The van der Waals surface area contributed by atoms with Crippen molar-refractivity contribution in [2.45, 2.75) is 13.0 Å². The second-order valence-electron chi connectivity index (χ2n) is 4.50. The van der Waals surface area contributed by atoms with E-state index in [0.717, 1.165) is 10.0 Å². The predicted molar refractivity (Wildman–Crippen MR) is 76.3 cm³/mol. The zero-order valence-electron chi connectivity index (χ0n) is 11.0. The Balaban J connectivity index is 2.16. The van der Waals surface area contributed by atoms with E-state index in [1.807, 2.05) is 12.1 Å². The van der Waals surface area contributed by atoms with E-state index in [0.29, 0.717) is 12.1 Å². The average Bonchev–Trinajstić information content (AvgIpc) is 2.44. The largest absolute Gasteiger partial charge is 0.346 e. The molecule has 110 valence electrons. The second kappa shape index (κ2) is 6.30. The summed E-state index contributed by atoms with van der Waals surface area (Å²) in [5, 5.41) is 2.60. The van der Waals surface area contributed by atoms with Gasteiger partial charge in [-0.25, -0.2) is 13.2 Å². The summed E-state index contributed by atoms with van der Waals surface area (Å²) in [6, 6.07) is 8.22. The fourth-order valence-corrected chi connectivity index (χ4v) is 2.07.